The highest BCUT2D eigenvalue weighted by atomic mass is 32.2. The number of β-amino-alcohol motifs (C(OH)–C–C–N with tert-alkyl or cyclic N) is 1. The molecule has 0 bridgehead atoms. The van der Waals surface area contributed by atoms with Crippen LogP contribution in [0.1, 0.15) is 5.56 Å². The maximum absolute atomic E-state index is 13.3. The molecule has 2 aliphatic heterocycles. The Kier molecular flexibility index (Phi) is 5.50. The average Bonchev–Trinajstić information content (AvgIpc) is 3.54. The summed E-state index contributed by atoms with van der Waals surface area (Å²) in [5.74, 6) is -0.0841. The number of nitrogens with one attached hydrogen (secondary N) is 3. The zero-order valence-corrected chi connectivity index (χ0v) is 19.0. The van der Waals surface area contributed by atoms with Crippen LogP contribution >= 0.6 is 0 Å². The number of sulfonamides is 2. The zero-order valence-electron chi connectivity index (χ0n) is 17.4. The van der Waals surface area contributed by atoms with Crippen molar-refractivity contribution >= 4 is 36.9 Å². The van der Waals surface area contributed by atoms with E-state index in [1.165, 1.54) is 6.07 Å². The molecule has 0 aliphatic carbocycles. The van der Waals surface area contributed by atoms with Gasteiger partial charge in [-0.25, -0.2) is 31.7 Å². The minimum absolute atomic E-state index is 0.0534. The number of primary sulfonamides is 1. The Bertz CT molecular complexity index is 1560. The van der Waals surface area contributed by atoms with Gasteiger partial charge in [-0.15, -0.1) is 5.11 Å². The molecule has 178 valence electrons. The third kappa shape index (κ3) is 3.89. The lowest BCUT2D eigenvalue weighted by Crippen LogP contribution is -2.43. The van der Waals surface area contributed by atoms with Gasteiger partial charge in [0.2, 0.25) is 20.0 Å². The molecule has 0 unspecified atom stereocenters. The van der Waals surface area contributed by atoms with Crippen molar-refractivity contribution in [3.63, 3.8) is 0 Å². The Hall–Kier alpha value is -3.15. The summed E-state index contributed by atoms with van der Waals surface area (Å²) in [7, 11) is -9.07. The van der Waals surface area contributed by atoms with Crippen molar-refractivity contribution < 1.29 is 21.9 Å². The second-order valence-corrected chi connectivity index (χ2v) is 10.9. The van der Waals surface area contributed by atoms with Gasteiger partial charge in [-0.3, -0.25) is 0 Å². The first-order valence-electron chi connectivity index (χ1n) is 10.00. The van der Waals surface area contributed by atoms with E-state index in [0.717, 1.165) is 6.07 Å². The number of hydrogen-bond acceptors (Lipinski definition) is 11. The smallest absolute Gasteiger partial charge is 0.242 e. The molecule has 0 radical (unpaired) electrons. The summed E-state index contributed by atoms with van der Waals surface area (Å²) in [6.45, 7) is 0.311. The molecule has 3 aromatic rings. The first-order valence-corrected chi connectivity index (χ1v) is 13.0. The maximum atomic E-state index is 13.3. The number of H-pyrrole nitrogens is 1. The van der Waals surface area contributed by atoms with Crippen LogP contribution in [-0.2, 0) is 20.0 Å². The number of nitrogens with two attached hydrogens (primary N) is 1. The van der Waals surface area contributed by atoms with Crippen LogP contribution in [0.4, 0.5) is 0 Å². The van der Waals surface area contributed by atoms with Crippen LogP contribution in [0.25, 0.3) is 22.2 Å². The molecule has 34 heavy (non-hydrogen) atoms. The summed E-state index contributed by atoms with van der Waals surface area (Å²) < 4.78 is 54.6. The Morgan fingerprint density at radius 3 is 2.56 bits per heavy atom. The van der Waals surface area contributed by atoms with Crippen LogP contribution in [0.5, 0.6) is 0 Å². The Morgan fingerprint density at radius 2 is 1.88 bits per heavy atom. The van der Waals surface area contributed by atoms with E-state index < -0.39 is 42.0 Å². The number of benzene rings is 2. The van der Waals surface area contributed by atoms with E-state index in [0.29, 0.717) is 16.6 Å². The van der Waals surface area contributed by atoms with Gasteiger partial charge in [0.1, 0.15) is 20.8 Å². The standard InChI is InChI=1S/C18H19N9O5S2/c19-33(29,30)17-14(34(31,32)26-12-6-20-7-13(12)28)5-4-9(15(17)18-21-8-22-25-18)10-2-1-3-11-16(10)24-27-23-11/h1-5,12-13,20,26,28H,6-8H2,(H2,19,29,30)(H,23,24,27)/t12-,13+/m1/s1. The Morgan fingerprint density at radius 1 is 1.06 bits per heavy atom. The van der Waals surface area contributed by atoms with Gasteiger partial charge in [-0.2, -0.15) is 20.5 Å². The van der Waals surface area contributed by atoms with Gasteiger partial charge < -0.3 is 10.4 Å². The molecule has 0 spiro atoms. The third-order valence-corrected chi connectivity index (χ3v) is 8.15. The van der Waals surface area contributed by atoms with E-state index >= 15 is 0 Å². The Balaban J connectivity index is 1.80. The molecule has 6 N–H and O–H groups in total. The zero-order chi connectivity index (χ0) is 24.1. The summed E-state index contributed by atoms with van der Waals surface area (Å²) in [4.78, 5) is 2.85. The summed E-state index contributed by atoms with van der Waals surface area (Å²) in [5, 5.41) is 36.8. The van der Waals surface area contributed by atoms with Gasteiger partial charge >= 0.3 is 0 Å². The number of hydrogen-bond donors (Lipinski definition) is 5. The van der Waals surface area contributed by atoms with Crippen molar-refractivity contribution in [1.29, 1.82) is 0 Å². The van der Waals surface area contributed by atoms with E-state index in [2.05, 4.69) is 40.7 Å². The number of aromatic amines is 1. The number of aliphatic hydroxyl groups excluding tert-OH is 1. The molecule has 1 saturated heterocycles. The molecular weight excluding hydrogens is 486 g/mol. The number of para-hydroxylation sites is 1. The number of amidine groups is 1. The van der Waals surface area contributed by atoms with Crippen LogP contribution in [-0.4, -0.2) is 75.1 Å². The first kappa shape index (κ1) is 22.6. The molecule has 14 nitrogen and oxygen atoms in total. The van der Waals surface area contributed by atoms with Crippen molar-refractivity contribution in [2.24, 2.45) is 20.4 Å². The van der Waals surface area contributed by atoms with E-state index in [9.17, 15) is 21.9 Å². The molecular formula is C18H19N9O5S2. The van der Waals surface area contributed by atoms with Crippen LogP contribution in [0.3, 0.4) is 0 Å². The molecule has 5 rings (SSSR count). The quantitative estimate of drug-likeness (QED) is 0.281. The van der Waals surface area contributed by atoms with Crippen LogP contribution in [0, 0.1) is 0 Å². The number of nitrogens with zero attached hydrogens (tertiary/aromatic N) is 5. The summed E-state index contributed by atoms with van der Waals surface area (Å²) in [6, 6.07) is 6.80. The molecule has 1 fully saturated rings. The van der Waals surface area contributed by atoms with Crippen molar-refractivity contribution in [3.05, 3.63) is 35.9 Å². The second kappa shape index (κ2) is 8.26. The fourth-order valence-electron chi connectivity index (χ4n) is 4.00. The van der Waals surface area contributed by atoms with Gasteiger partial charge in [0, 0.05) is 18.7 Å². The van der Waals surface area contributed by atoms with E-state index in [4.69, 9.17) is 5.14 Å². The maximum Gasteiger partial charge on any atom is 0.242 e. The molecule has 0 amide bonds. The summed E-state index contributed by atoms with van der Waals surface area (Å²) >= 11 is 0. The van der Waals surface area contributed by atoms with Crippen LogP contribution < -0.4 is 15.2 Å². The lowest BCUT2D eigenvalue weighted by atomic mass is 9.97. The monoisotopic (exact) mass is 505 g/mol. The van der Waals surface area contributed by atoms with Crippen molar-refractivity contribution in [2.75, 3.05) is 19.8 Å². The molecule has 2 aliphatic rings. The largest absolute Gasteiger partial charge is 0.390 e. The minimum Gasteiger partial charge on any atom is -0.390 e. The predicted molar refractivity (Wildman–Crippen MR) is 120 cm³/mol. The average molecular weight is 506 g/mol. The number of fused-ring (bicyclic) bond motifs is 1. The normalized spacial score (nSPS) is 20.8. The SMILES string of the molecule is NS(=O)(=O)c1c(S(=O)(=O)N[C@@H]2CNC[C@@H]2O)ccc(-c2cccc3n[nH]nc23)c1C1=NCN=N1. The summed E-state index contributed by atoms with van der Waals surface area (Å²) in [6.07, 6.45) is -0.982. The van der Waals surface area contributed by atoms with Gasteiger partial charge in [0.05, 0.1) is 17.7 Å². The second-order valence-electron chi connectivity index (χ2n) is 7.68. The highest BCUT2D eigenvalue weighted by Gasteiger charge is 2.36. The number of aromatic nitrogens is 3. The first-order chi connectivity index (χ1) is 16.2. The summed E-state index contributed by atoms with van der Waals surface area (Å²) in [5.41, 5.74) is 1.56. The molecule has 0 saturated carbocycles. The Labute approximate surface area is 193 Å². The van der Waals surface area contributed by atoms with E-state index in [1.807, 2.05) is 0 Å². The molecule has 2 atom stereocenters. The minimum atomic E-state index is -4.63. The molecule has 1 aromatic heterocycles. The number of azo groups is 1. The van der Waals surface area contributed by atoms with Crippen molar-refractivity contribution in [2.45, 2.75) is 21.9 Å². The number of aliphatic hydroxyl groups is 1. The number of aliphatic imine (C=N–C) groups is 1. The van der Waals surface area contributed by atoms with Gasteiger partial charge in [-0.1, -0.05) is 18.2 Å². The molecule has 2 aromatic carbocycles. The third-order valence-electron chi connectivity index (χ3n) is 5.49. The fraction of sp³-hybridized carbons (Fsp3) is 0.278. The topological polar surface area (TPSA) is 217 Å². The lowest BCUT2D eigenvalue weighted by Gasteiger charge is -2.20. The van der Waals surface area contributed by atoms with E-state index in [-0.39, 0.29) is 36.7 Å². The highest BCUT2D eigenvalue weighted by Crippen LogP contribution is 2.37. The predicted octanol–water partition coefficient (Wildman–Crippen LogP) is -0.947. The highest BCUT2D eigenvalue weighted by molar-refractivity contribution is 7.92. The van der Waals surface area contributed by atoms with E-state index in [1.54, 1.807) is 18.2 Å². The van der Waals surface area contributed by atoms with Crippen LogP contribution in [0.15, 0.2) is 55.3 Å². The van der Waals surface area contributed by atoms with Gasteiger partial charge in [-0.05, 0) is 17.7 Å². The van der Waals surface area contributed by atoms with Gasteiger partial charge in [0.25, 0.3) is 0 Å². The lowest BCUT2D eigenvalue weighted by molar-refractivity contribution is 0.172. The van der Waals surface area contributed by atoms with Crippen molar-refractivity contribution in [1.82, 2.24) is 25.4 Å². The molecule has 3 heterocycles. The van der Waals surface area contributed by atoms with Crippen molar-refractivity contribution in [3.8, 4) is 11.1 Å². The van der Waals surface area contributed by atoms with Crippen LogP contribution in [0.2, 0.25) is 0 Å². The fourth-order valence-corrected chi connectivity index (χ4v) is 6.87. The number of rotatable bonds is 6. The van der Waals surface area contributed by atoms with Gasteiger partial charge in [0.15, 0.2) is 12.5 Å². The molecule has 16 heteroatoms.